The highest BCUT2D eigenvalue weighted by Gasteiger charge is 2.49. The van der Waals surface area contributed by atoms with E-state index < -0.39 is 5.41 Å². The van der Waals surface area contributed by atoms with E-state index in [-0.39, 0.29) is 30.4 Å². The highest BCUT2D eigenvalue weighted by Crippen LogP contribution is 2.49. The Labute approximate surface area is 163 Å². The molecule has 3 saturated carbocycles. The average molecular weight is 377 g/mol. The number of Topliss-reactive ketones (excluding diaryl/α,β-unsaturated/α-hetero) is 1. The first-order chi connectivity index (χ1) is 13.0. The molecule has 0 aromatic rings. The minimum atomic E-state index is -0.481. The van der Waals surface area contributed by atoms with E-state index in [4.69, 9.17) is 10.5 Å². The first-order valence-electron chi connectivity index (χ1n) is 10.9. The highest BCUT2D eigenvalue weighted by atomic mass is 16.5. The van der Waals surface area contributed by atoms with Crippen LogP contribution in [-0.4, -0.2) is 30.6 Å². The van der Waals surface area contributed by atoms with Crippen molar-refractivity contribution in [3.05, 3.63) is 12.2 Å². The zero-order valence-corrected chi connectivity index (χ0v) is 16.8. The molecule has 3 atom stereocenters. The van der Waals surface area contributed by atoms with Gasteiger partial charge in [-0.1, -0.05) is 37.8 Å². The smallest absolute Gasteiger partial charge is 0.407 e. The molecule has 5 aliphatic carbocycles. The standard InChI is InChI=1S/C17H25NO3.C5H11N/c1-12(19)17(10-13-6-8-14(17)9-7-13)11-21-16(20)18-15-4-2-3-5-15;6-5-3-1-2-4-5/h6,8,13-15H,2-5,7,9-11H2,1H3,(H,18,20);5H,1-4,6H2. The molecule has 0 aromatic carbocycles. The molecule has 5 aliphatic rings. The lowest BCUT2D eigenvalue weighted by molar-refractivity contribution is -0.135. The molecule has 0 aliphatic heterocycles. The minimum absolute atomic E-state index is 0.162. The van der Waals surface area contributed by atoms with E-state index in [0.717, 1.165) is 32.1 Å². The molecule has 5 rings (SSSR count). The summed E-state index contributed by atoms with van der Waals surface area (Å²) in [6.45, 7) is 1.87. The van der Waals surface area contributed by atoms with Crippen LogP contribution in [0, 0.1) is 17.3 Å². The number of carbonyl (C=O) groups excluding carboxylic acids is 2. The fraction of sp³-hybridized carbons (Fsp3) is 0.818. The lowest BCUT2D eigenvalue weighted by Gasteiger charge is -2.46. The van der Waals surface area contributed by atoms with Gasteiger partial charge < -0.3 is 15.8 Å². The predicted molar refractivity (Wildman–Crippen MR) is 106 cm³/mol. The van der Waals surface area contributed by atoms with Crippen LogP contribution in [0.4, 0.5) is 4.79 Å². The quantitative estimate of drug-likeness (QED) is 0.724. The summed E-state index contributed by atoms with van der Waals surface area (Å²) in [5, 5.41) is 2.93. The summed E-state index contributed by atoms with van der Waals surface area (Å²) >= 11 is 0. The summed E-state index contributed by atoms with van der Waals surface area (Å²) in [5.74, 6) is 0.870. The Balaban J connectivity index is 0.000000299. The highest BCUT2D eigenvalue weighted by molar-refractivity contribution is 5.84. The van der Waals surface area contributed by atoms with Crippen molar-refractivity contribution < 1.29 is 14.3 Å². The molecule has 2 bridgehead atoms. The van der Waals surface area contributed by atoms with Gasteiger partial charge in [-0.2, -0.15) is 0 Å². The van der Waals surface area contributed by atoms with Gasteiger partial charge in [0.05, 0.1) is 5.41 Å². The largest absolute Gasteiger partial charge is 0.448 e. The summed E-state index contributed by atoms with van der Waals surface area (Å²) in [7, 11) is 0. The van der Waals surface area contributed by atoms with Gasteiger partial charge in [0.15, 0.2) is 0 Å². The van der Waals surface area contributed by atoms with E-state index in [2.05, 4.69) is 17.5 Å². The third kappa shape index (κ3) is 5.13. The van der Waals surface area contributed by atoms with Crippen LogP contribution >= 0.6 is 0 Å². The number of ketones is 1. The van der Waals surface area contributed by atoms with E-state index in [1.54, 1.807) is 6.92 Å². The van der Waals surface area contributed by atoms with Gasteiger partial charge in [0.25, 0.3) is 0 Å². The van der Waals surface area contributed by atoms with Crippen LogP contribution in [0.3, 0.4) is 0 Å². The van der Waals surface area contributed by atoms with Crippen molar-refractivity contribution in [2.75, 3.05) is 6.61 Å². The monoisotopic (exact) mass is 376 g/mol. The molecule has 5 heteroatoms. The van der Waals surface area contributed by atoms with E-state index in [1.165, 1.54) is 38.5 Å². The maximum atomic E-state index is 12.2. The number of nitrogens with two attached hydrogens (primary N) is 1. The Bertz CT molecular complexity index is 550. The normalized spacial score (nSPS) is 32.8. The van der Waals surface area contributed by atoms with Crippen LogP contribution in [0.15, 0.2) is 12.2 Å². The van der Waals surface area contributed by atoms with E-state index in [1.807, 2.05) is 0 Å². The molecular formula is C22H36N2O3. The SMILES string of the molecule is CC(=O)C1(COC(=O)NC2CCCC2)CC2C=CC1CC2.NC1CCCC1. The number of alkyl carbamates (subject to hydrolysis) is 1. The van der Waals surface area contributed by atoms with Crippen LogP contribution in [0.25, 0.3) is 0 Å². The van der Waals surface area contributed by atoms with Crippen LogP contribution in [0.5, 0.6) is 0 Å². The second-order valence-electron chi connectivity index (χ2n) is 8.99. The van der Waals surface area contributed by atoms with Gasteiger partial charge in [-0.05, 0) is 63.7 Å². The van der Waals surface area contributed by atoms with Gasteiger partial charge in [-0.3, -0.25) is 4.79 Å². The maximum Gasteiger partial charge on any atom is 0.407 e. The van der Waals surface area contributed by atoms with Gasteiger partial charge in [0.2, 0.25) is 0 Å². The molecule has 1 amide bonds. The van der Waals surface area contributed by atoms with Crippen molar-refractivity contribution in [3.63, 3.8) is 0 Å². The first-order valence-corrected chi connectivity index (χ1v) is 10.9. The molecule has 3 N–H and O–H groups in total. The number of hydrogen-bond acceptors (Lipinski definition) is 4. The van der Waals surface area contributed by atoms with E-state index >= 15 is 0 Å². The van der Waals surface area contributed by atoms with Crippen molar-refractivity contribution >= 4 is 11.9 Å². The number of carbonyl (C=O) groups is 2. The third-order valence-corrected chi connectivity index (χ3v) is 7.04. The van der Waals surface area contributed by atoms with Gasteiger partial charge in [0.1, 0.15) is 12.4 Å². The van der Waals surface area contributed by atoms with Gasteiger partial charge in [0, 0.05) is 12.1 Å². The van der Waals surface area contributed by atoms with Crippen molar-refractivity contribution in [1.29, 1.82) is 0 Å². The van der Waals surface area contributed by atoms with Gasteiger partial charge >= 0.3 is 6.09 Å². The molecular weight excluding hydrogens is 340 g/mol. The Morgan fingerprint density at radius 2 is 1.70 bits per heavy atom. The molecule has 3 unspecified atom stereocenters. The van der Waals surface area contributed by atoms with Crippen LogP contribution in [0.1, 0.15) is 77.6 Å². The molecule has 0 heterocycles. The summed E-state index contributed by atoms with van der Waals surface area (Å²) in [6.07, 6.45) is 16.8. The number of hydrogen-bond donors (Lipinski definition) is 2. The van der Waals surface area contributed by atoms with Crippen molar-refractivity contribution in [3.8, 4) is 0 Å². The lowest BCUT2D eigenvalue weighted by Crippen LogP contribution is -2.48. The third-order valence-electron chi connectivity index (χ3n) is 7.04. The topological polar surface area (TPSA) is 81.4 Å². The van der Waals surface area contributed by atoms with E-state index in [0.29, 0.717) is 12.0 Å². The average Bonchev–Trinajstić information content (AvgIpc) is 3.35. The summed E-state index contributed by atoms with van der Waals surface area (Å²) < 4.78 is 5.46. The Morgan fingerprint density at radius 3 is 2.15 bits per heavy atom. The second kappa shape index (κ2) is 9.22. The van der Waals surface area contributed by atoms with Crippen LogP contribution in [0.2, 0.25) is 0 Å². The number of ether oxygens (including phenoxy) is 1. The van der Waals surface area contributed by atoms with Gasteiger partial charge in [-0.25, -0.2) is 4.79 Å². The number of amides is 1. The molecule has 3 fully saturated rings. The molecule has 152 valence electrons. The second-order valence-corrected chi connectivity index (χ2v) is 8.99. The summed E-state index contributed by atoms with van der Waals surface area (Å²) in [6, 6.07) is 0.804. The summed E-state index contributed by atoms with van der Waals surface area (Å²) in [5.41, 5.74) is 5.05. The van der Waals surface area contributed by atoms with Crippen LogP contribution in [-0.2, 0) is 9.53 Å². The van der Waals surface area contributed by atoms with Crippen LogP contribution < -0.4 is 11.1 Å². The van der Waals surface area contributed by atoms with Gasteiger partial charge in [-0.15, -0.1) is 0 Å². The maximum absolute atomic E-state index is 12.2. The minimum Gasteiger partial charge on any atom is -0.448 e. The zero-order valence-electron chi connectivity index (χ0n) is 16.8. The number of nitrogens with one attached hydrogen (secondary N) is 1. The Kier molecular flexibility index (Phi) is 6.96. The lowest BCUT2D eigenvalue weighted by atomic mass is 9.58. The fourth-order valence-corrected chi connectivity index (χ4v) is 5.23. The Morgan fingerprint density at radius 1 is 1.04 bits per heavy atom. The number of fused-ring (bicyclic) bond motifs is 2. The van der Waals surface area contributed by atoms with Crippen molar-refractivity contribution in [1.82, 2.24) is 5.32 Å². The van der Waals surface area contributed by atoms with E-state index in [9.17, 15) is 9.59 Å². The summed E-state index contributed by atoms with van der Waals surface area (Å²) in [4.78, 5) is 24.2. The fourth-order valence-electron chi connectivity index (χ4n) is 5.23. The Hall–Kier alpha value is -1.36. The van der Waals surface area contributed by atoms with Crippen molar-refractivity contribution in [2.24, 2.45) is 23.0 Å². The number of allylic oxidation sites excluding steroid dienone is 2. The molecule has 0 spiro atoms. The molecule has 27 heavy (non-hydrogen) atoms. The predicted octanol–water partition coefficient (Wildman–Crippen LogP) is 4.10. The molecule has 0 radical (unpaired) electrons. The molecule has 5 nitrogen and oxygen atoms in total. The molecule has 0 aromatic heterocycles. The molecule has 0 saturated heterocycles. The van der Waals surface area contributed by atoms with Crippen molar-refractivity contribution in [2.45, 2.75) is 89.6 Å². The zero-order chi connectivity index (χ0) is 19.3. The first kappa shape index (κ1) is 20.4. The number of rotatable bonds is 4.